The lowest BCUT2D eigenvalue weighted by Gasteiger charge is -2.29. The second kappa shape index (κ2) is 4.28. The first-order valence-electron chi connectivity index (χ1n) is 5.77. The molecule has 4 nitrogen and oxygen atoms in total. The van der Waals surface area contributed by atoms with E-state index in [1.807, 2.05) is 39.0 Å². The molecule has 0 spiro atoms. The standard InChI is InChI=1S/C13H18N2O2/c1-13(2,3)17-12(16)15-8-6-11-10(9-15)5-4-7-14-11/h4-6,8,14H,7,9H2,1-3H3. The first-order valence-corrected chi connectivity index (χ1v) is 5.77. The Kier molecular flexibility index (Phi) is 2.96. The third kappa shape index (κ3) is 2.90. The van der Waals surface area contributed by atoms with Gasteiger partial charge in [-0.2, -0.15) is 0 Å². The van der Waals surface area contributed by atoms with Crippen LogP contribution in [0.5, 0.6) is 0 Å². The average molecular weight is 234 g/mol. The SMILES string of the molecule is CC(C)(C)OC(=O)N1C=CC2=C(C=CCN2)C1. The summed E-state index contributed by atoms with van der Waals surface area (Å²) < 4.78 is 5.33. The van der Waals surface area contributed by atoms with Crippen molar-refractivity contribution in [3.05, 3.63) is 35.7 Å². The minimum Gasteiger partial charge on any atom is -0.443 e. The van der Waals surface area contributed by atoms with Crippen LogP contribution in [0, 0.1) is 0 Å². The maximum Gasteiger partial charge on any atom is 0.414 e. The second-order valence-corrected chi connectivity index (χ2v) is 5.15. The van der Waals surface area contributed by atoms with Crippen molar-refractivity contribution in [3.63, 3.8) is 0 Å². The molecule has 2 aliphatic rings. The van der Waals surface area contributed by atoms with Gasteiger partial charge in [-0.05, 0) is 32.4 Å². The molecule has 0 fully saturated rings. The van der Waals surface area contributed by atoms with E-state index in [9.17, 15) is 4.79 Å². The molecule has 0 saturated heterocycles. The van der Waals surface area contributed by atoms with Crippen LogP contribution in [0.4, 0.5) is 4.79 Å². The van der Waals surface area contributed by atoms with Crippen LogP contribution in [0.1, 0.15) is 20.8 Å². The molecule has 0 unspecified atom stereocenters. The molecule has 0 aromatic carbocycles. The molecule has 0 aromatic rings. The Morgan fingerprint density at radius 1 is 1.41 bits per heavy atom. The molecule has 17 heavy (non-hydrogen) atoms. The van der Waals surface area contributed by atoms with Crippen LogP contribution >= 0.6 is 0 Å². The number of ether oxygens (including phenoxy) is 1. The number of nitrogens with zero attached hydrogens (tertiary/aromatic N) is 1. The van der Waals surface area contributed by atoms with Gasteiger partial charge in [0.1, 0.15) is 5.60 Å². The minimum absolute atomic E-state index is 0.306. The number of carbonyl (C=O) groups is 1. The van der Waals surface area contributed by atoms with Crippen LogP contribution in [0.15, 0.2) is 35.7 Å². The van der Waals surface area contributed by atoms with E-state index in [0.717, 1.165) is 17.8 Å². The van der Waals surface area contributed by atoms with Crippen molar-refractivity contribution in [2.45, 2.75) is 26.4 Å². The molecule has 0 radical (unpaired) electrons. The lowest BCUT2D eigenvalue weighted by molar-refractivity contribution is 0.0346. The molecule has 92 valence electrons. The van der Waals surface area contributed by atoms with Crippen molar-refractivity contribution in [1.82, 2.24) is 10.2 Å². The highest BCUT2D eigenvalue weighted by atomic mass is 16.6. The Labute approximate surface area is 102 Å². The molecule has 2 rings (SSSR count). The molecule has 0 bridgehead atoms. The Morgan fingerprint density at radius 2 is 2.18 bits per heavy atom. The monoisotopic (exact) mass is 234 g/mol. The average Bonchev–Trinajstić information content (AvgIpc) is 2.26. The van der Waals surface area contributed by atoms with Gasteiger partial charge in [-0.15, -0.1) is 0 Å². The number of carbonyl (C=O) groups excluding carboxylic acids is 1. The summed E-state index contributed by atoms with van der Waals surface area (Å²) in [6.45, 7) is 7.00. The Morgan fingerprint density at radius 3 is 2.88 bits per heavy atom. The van der Waals surface area contributed by atoms with Crippen LogP contribution < -0.4 is 5.32 Å². The fraction of sp³-hybridized carbons (Fsp3) is 0.462. The van der Waals surface area contributed by atoms with E-state index >= 15 is 0 Å². The van der Waals surface area contributed by atoms with Crippen molar-refractivity contribution in [3.8, 4) is 0 Å². The second-order valence-electron chi connectivity index (χ2n) is 5.15. The van der Waals surface area contributed by atoms with E-state index in [1.165, 1.54) is 0 Å². The zero-order valence-electron chi connectivity index (χ0n) is 10.5. The normalized spacial score (nSPS) is 18.9. The molecule has 0 aromatic heterocycles. The van der Waals surface area contributed by atoms with Gasteiger partial charge in [-0.3, -0.25) is 4.90 Å². The highest BCUT2D eigenvalue weighted by Crippen LogP contribution is 2.19. The molecule has 2 aliphatic heterocycles. The van der Waals surface area contributed by atoms with Crippen molar-refractivity contribution in [2.75, 3.05) is 13.1 Å². The highest BCUT2D eigenvalue weighted by Gasteiger charge is 2.24. The number of rotatable bonds is 0. The Bertz CT molecular complexity index is 414. The number of allylic oxidation sites excluding steroid dienone is 1. The van der Waals surface area contributed by atoms with E-state index < -0.39 is 5.60 Å². The van der Waals surface area contributed by atoms with Gasteiger partial charge in [0, 0.05) is 18.4 Å². The van der Waals surface area contributed by atoms with Gasteiger partial charge in [0.2, 0.25) is 0 Å². The van der Waals surface area contributed by atoms with E-state index in [4.69, 9.17) is 4.74 Å². The summed E-state index contributed by atoms with van der Waals surface area (Å²) in [5, 5.41) is 3.26. The number of nitrogens with one attached hydrogen (secondary N) is 1. The molecular formula is C13H18N2O2. The highest BCUT2D eigenvalue weighted by molar-refractivity contribution is 5.71. The van der Waals surface area contributed by atoms with Crippen LogP contribution in [0.25, 0.3) is 0 Å². The predicted molar refractivity (Wildman–Crippen MR) is 66.2 cm³/mol. The van der Waals surface area contributed by atoms with Gasteiger partial charge in [0.15, 0.2) is 0 Å². The summed E-state index contributed by atoms with van der Waals surface area (Å²) in [4.78, 5) is 13.5. The maximum absolute atomic E-state index is 11.9. The zero-order chi connectivity index (χ0) is 12.5. The Balaban J connectivity index is 2.03. The van der Waals surface area contributed by atoms with E-state index in [1.54, 1.807) is 11.1 Å². The number of hydrogen-bond acceptors (Lipinski definition) is 3. The first kappa shape index (κ1) is 11.8. The summed E-state index contributed by atoms with van der Waals surface area (Å²) in [6, 6.07) is 0. The summed E-state index contributed by atoms with van der Waals surface area (Å²) in [5.41, 5.74) is 1.75. The molecule has 0 aliphatic carbocycles. The molecule has 1 N–H and O–H groups in total. The van der Waals surface area contributed by atoms with Gasteiger partial charge >= 0.3 is 6.09 Å². The molecular weight excluding hydrogens is 216 g/mol. The van der Waals surface area contributed by atoms with E-state index in [2.05, 4.69) is 5.32 Å². The van der Waals surface area contributed by atoms with Gasteiger partial charge in [-0.1, -0.05) is 12.2 Å². The fourth-order valence-corrected chi connectivity index (χ4v) is 1.72. The zero-order valence-corrected chi connectivity index (χ0v) is 10.5. The van der Waals surface area contributed by atoms with Crippen molar-refractivity contribution < 1.29 is 9.53 Å². The number of dihydropyridines is 1. The number of hydrogen-bond donors (Lipinski definition) is 1. The molecule has 0 saturated carbocycles. The Hall–Kier alpha value is -1.71. The summed E-state index contributed by atoms with van der Waals surface area (Å²) in [7, 11) is 0. The molecule has 1 amide bonds. The van der Waals surface area contributed by atoms with E-state index in [-0.39, 0.29) is 6.09 Å². The molecule has 0 atom stereocenters. The quantitative estimate of drug-likeness (QED) is 0.698. The van der Waals surface area contributed by atoms with Crippen LogP contribution in [0.3, 0.4) is 0 Å². The molecule has 4 heteroatoms. The van der Waals surface area contributed by atoms with Crippen LogP contribution in [0.2, 0.25) is 0 Å². The summed E-state index contributed by atoms with van der Waals surface area (Å²) >= 11 is 0. The topological polar surface area (TPSA) is 41.6 Å². The van der Waals surface area contributed by atoms with E-state index in [0.29, 0.717) is 6.54 Å². The van der Waals surface area contributed by atoms with Gasteiger partial charge in [0.05, 0.1) is 6.54 Å². The fourth-order valence-electron chi connectivity index (χ4n) is 1.72. The predicted octanol–water partition coefficient (Wildman–Crippen LogP) is 2.16. The van der Waals surface area contributed by atoms with Crippen molar-refractivity contribution in [2.24, 2.45) is 0 Å². The maximum atomic E-state index is 11.9. The van der Waals surface area contributed by atoms with Crippen LogP contribution in [-0.2, 0) is 4.74 Å². The van der Waals surface area contributed by atoms with Gasteiger partial charge in [0.25, 0.3) is 0 Å². The molecule has 2 heterocycles. The smallest absolute Gasteiger partial charge is 0.414 e. The van der Waals surface area contributed by atoms with Crippen molar-refractivity contribution >= 4 is 6.09 Å². The number of amides is 1. The minimum atomic E-state index is -0.458. The third-order valence-corrected chi connectivity index (χ3v) is 2.47. The largest absolute Gasteiger partial charge is 0.443 e. The van der Waals surface area contributed by atoms with Gasteiger partial charge in [-0.25, -0.2) is 4.79 Å². The summed E-state index contributed by atoms with van der Waals surface area (Å²) in [5.74, 6) is 0. The third-order valence-electron chi connectivity index (χ3n) is 2.47. The van der Waals surface area contributed by atoms with Crippen LogP contribution in [-0.4, -0.2) is 29.7 Å². The van der Waals surface area contributed by atoms with Crippen molar-refractivity contribution in [1.29, 1.82) is 0 Å². The lowest BCUT2D eigenvalue weighted by atomic mass is 10.1. The lowest BCUT2D eigenvalue weighted by Crippen LogP contribution is -2.37. The first-order chi connectivity index (χ1) is 7.96. The summed E-state index contributed by atoms with van der Waals surface area (Å²) in [6.07, 6.45) is 7.46. The van der Waals surface area contributed by atoms with Gasteiger partial charge < -0.3 is 10.1 Å².